The summed E-state index contributed by atoms with van der Waals surface area (Å²) in [6.45, 7) is 2.86. The molecule has 0 spiro atoms. The molecule has 4 nitrogen and oxygen atoms in total. The maximum absolute atomic E-state index is 11.7. The maximum atomic E-state index is 11.7. The quantitative estimate of drug-likeness (QED) is 0.847. The molecule has 1 saturated carbocycles. The second-order valence-electron chi connectivity index (χ2n) is 6.17. The molecule has 4 atom stereocenters. The molecule has 2 N–H and O–H groups in total. The van der Waals surface area contributed by atoms with Crippen molar-refractivity contribution < 1.29 is 13.2 Å². The third-order valence-corrected chi connectivity index (χ3v) is 6.37. The van der Waals surface area contributed by atoms with Gasteiger partial charge in [-0.25, -0.2) is 8.42 Å². The minimum Gasteiger partial charge on any atom is -0.374 e. The Hall–Kier alpha value is -0.130. The molecule has 106 valence electrons. The Morgan fingerprint density at radius 2 is 2.06 bits per heavy atom. The van der Waals surface area contributed by atoms with E-state index >= 15 is 0 Å². The van der Waals surface area contributed by atoms with Crippen LogP contribution in [0.5, 0.6) is 0 Å². The summed E-state index contributed by atoms with van der Waals surface area (Å²) in [6.07, 6.45) is 6.90. The van der Waals surface area contributed by atoms with Crippen LogP contribution < -0.4 is 5.73 Å². The lowest BCUT2D eigenvalue weighted by molar-refractivity contribution is -0.0212. The van der Waals surface area contributed by atoms with Crippen LogP contribution in [0.2, 0.25) is 0 Å². The van der Waals surface area contributed by atoms with Gasteiger partial charge in [0.25, 0.3) is 0 Å². The van der Waals surface area contributed by atoms with Crippen molar-refractivity contribution in [2.75, 3.05) is 12.9 Å². The van der Waals surface area contributed by atoms with Gasteiger partial charge in [0.15, 0.2) is 0 Å². The molecule has 0 aromatic rings. The zero-order chi connectivity index (χ0) is 13.4. The summed E-state index contributed by atoms with van der Waals surface area (Å²) in [6, 6.07) is -0.0375. The third-order valence-electron chi connectivity index (χ3n) is 4.73. The van der Waals surface area contributed by atoms with Crippen LogP contribution in [0.3, 0.4) is 0 Å². The van der Waals surface area contributed by atoms with Gasteiger partial charge in [0.05, 0.1) is 10.9 Å². The van der Waals surface area contributed by atoms with E-state index in [4.69, 9.17) is 10.5 Å². The average molecular weight is 275 g/mol. The monoisotopic (exact) mass is 275 g/mol. The predicted molar refractivity (Wildman–Crippen MR) is 72.2 cm³/mol. The summed E-state index contributed by atoms with van der Waals surface area (Å²) >= 11 is 0. The van der Waals surface area contributed by atoms with Gasteiger partial charge in [-0.15, -0.1) is 0 Å². The van der Waals surface area contributed by atoms with Gasteiger partial charge in [-0.3, -0.25) is 0 Å². The van der Waals surface area contributed by atoms with Crippen molar-refractivity contribution in [3.8, 4) is 0 Å². The lowest BCUT2D eigenvalue weighted by atomic mass is 9.76. The van der Waals surface area contributed by atoms with Crippen molar-refractivity contribution in [2.24, 2.45) is 11.7 Å². The first-order chi connectivity index (χ1) is 8.33. The molecule has 0 amide bonds. The molecule has 0 aromatic heterocycles. The van der Waals surface area contributed by atoms with E-state index in [1.807, 2.05) is 0 Å². The number of ether oxygens (including phenoxy) is 1. The van der Waals surface area contributed by atoms with E-state index in [9.17, 15) is 8.42 Å². The lowest BCUT2D eigenvalue weighted by Crippen LogP contribution is -2.51. The Morgan fingerprint density at radius 1 is 1.33 bits per heavy atom. The van der Waals surface area contributed by atoms with Gasteiger partial charge in [-0.2, -0.15) is 0 Å². The Labute approximate surface area is 110 Å². The Balaban J connectivity index is 2.04. The van der Waals surface area contributed by atoms with Gasteiger partial charge in [0.2, 0.25) is 0 Å². The standard InChI is InChI=1S/C13H25NO3S/c1-13(7-4-8-17-13)12(14)10-5-3-6-11(9-10)18(2,15)16/h10-12H,3-9,14H2,1-2H3. The second-order valence-corrected chi connectivity index (χ2v) is 8.49. The van der Waals surface area contributed by atoms with Crippen molar-refractivity contribution in [3.05, 3.63) is 0 Å². The summed E-state index contributed by atoms with van der Waals surface area (Å²) in [4.78, 5) is 0. The summed E-state index contributed by atoms with van der Waals surface area (Å²) in [5.41, 5.74) is 6.13. The van der Waals surface area contributed by atoms with Crippen LogP contribution in [0.25, 0.3) is 0 Å². The molecule has 2 fully saturated rings. The normalized spacial score (nSPS) is 39.7. The van der Waals surface area contributed by atoms with E-state index in [-0.39, 0.29) is 22.8 Å². The molecule has 18 heavy (non-hydrogen) atoms. The number of nitrogens with two attached hydrogens (primary N) is 1. The van der Waals surface area contributed by atoms with Gasteiger partial charge >= 0.3 is 0 Å². The Bertz CT molecular complexity index is 387. The zero-order valence-electron chi connectivity index (χ0n) is 11.4. The Morgan fingerprint density at radius 3 is 2.61 bits per heavy atom. The highest BCUT2D eigenvalue weighted by Gasteiger charge is 2.42. The van der Waals surface area contributed by atoms with Gasteiger partial charge in [0.1, 0.15) is 9.84 Å². The van der Waals surface area contributed by atoms with Crippen LogP contribution in [0, 0.1) is 5.92 Å². The third kappa shape index (κ3) is 2.89. The van der Waals surface area contributed by atoms with Crippen molar-refractivity contribution in [3.63, 3.8) is 0 Å². The minimum absolute atomic E-state index is 0.0375. The molecule has 1 saturated heterocycles. The summed E-state index contributed by atoms with van der Waals surface area (Å²) in [5.74, 6) is 0.279. The number of sulfone groups is 1. The van der Waals surface area contributed by atoms with Gasteiger partial charge < -0.3 is 10.5 Å². The van der Waals surface area contributed by atoms with E-state index < -0.39 is 9.84 Å². The highest BCUT2D eigenvalue weighted by atomic mass is 32.2. The second kappa shape index (κ2) is 5.10. The van der Waals surface area contributed by atoms with Crippen LogP contribution >= 0.6 is 0 Å². The largest absolute Gasteiger partial charge is 0.374 e. The van der Waals surface area contributed by atoms with Crippen LogP contribution in [-0.4, -0.2) is 38.2 Å². The highest BCUT2D eigenvalue weighted by molar-refractivity contribution is 7.91. The predicted octanol–water partition coefficient (Wildman–Crippen LogP) is 1.49. The van der Waals surface area contributed by atoms with Gasteiger partial charge in [0, 0.05) is 18.9 Å². The lowest BCUT2D eigenvalue weighted by Gasteiger charge is -2.39. The maximum Gasteiger partial charge on any atom is 0.150 e. The molecule has 1 aliphatic carbocycles. The smallest absolute Gasteiger partial charge is 0.150 e. The summed E-state index contributed by atoms with van der Waals surface area (Å²) < 4.78 is 29.2. The molecule has 0 radical (unpaired) electrons. The van der Waals surface area contributed by atoms with Crippen molar-refractivity contribution in [1.29, 1.82) is 0 Å². The molecule has 5 heteroatoms. The minimum atomic E-state index is -2.93. The molecule has 1 heterocycles. The molecular formula is C13H25NO3S. The fourth-order valence-corrected chi connectivity index (χ4v) is 4.65. The van der Waals surface area contributed by atoms with Crippen LogP contribution in [0.15, 0.2) is 0 Å². The zero-order valence-corrected chi connectivity index (χ0v) is 12.2. The SMILES string of the molecule is CC1(C(N)C2CCCC(S(C)(=O)=O)C2)CCCO1. The number of rotatable bonds is 3. The first kappa shape index (κ1) is 14.3. The molecular weight excluding hydrogens is 250 g/mol. The van der Waals surface area contributed by atoms with Gasteiger partial charge in [-0.1, -0.05) is 6.42 Å². The molecule has 0 aromatic carbocycles. The van der Waals surface area contributed by atoms with E-state index in [0.717, 1.165) is 38.7 Å². The van der Waals surface area contributed by atoms with E-state index in [2.05, 4.69) is 6.92 Å². The topological polar surface area (TPSA) is 69.4 Å². The number of hydrogen-bond acceptors (Lipinski definition) is 4. The number of hydrogen-bond donors (Lipinski definition) is 1. The first-order valence-corrected chi connectivity index (χ1v) is 8.87. The molecule has 1 aliphatic heterocycles. The highest BCUT2D eigenvalue weighted by Crippen LogP contribution is 2.37. The Kier molecular flexibility index (Phi) is 4.04. The fourth-order valence-electron chi connectivity index (χ4n) is 3.46. The van der Waals surface area contributed by atoms with Crippen LogP contribution in [-0.2, 0) is 14.6 Å². The summed E-state index contributed by atoms with van der Waals surface area (Å²) in [5, 5.41) is -0.202. The van der Waals surface area contributed by atoms with E-state index in [1.165, 1.54) is 6.26 Å². The van der Waals surface area contributed by atoms with Crippen molar-refractivity contribution >= 4 is 9.84 Å². The van der Waals surface area contributed by atoms with E-state index in [0.29, 0.717) is 6.42 Å². The van der Waals surface area contributed by atoms with Crippen molar-refractivity contribution in [2.45, 2.75) is 62.3 Å². The first-order valence-electron chi connectivity index (χ1n) is 6.91. The van der Waals surface area contributed by atoms with Crippen molar-refractivity contribution in [1.82, 2.24) is 0 Å². The van der Waals surface area contributed by atoms with Crippen LogP contribution in [0.1, 0.15) is 45.4 Å². The summed E-state index contributed by atoms with van der Waals surface area (Å²) in [7, 11) is -2.93. The van der Waals surface area contributed by atoms with Crippen LogP contribution in [0.4, 0.5) is 0 Å². The molecule has 2 rings (SSSR count). The average Bonchev–Trinajstić information content (AvgIpc) is 2.75. The molecule has 4 unspecified atom stereocenters. The fraction of sp³-hybridized carbons (Fsp3) is 1.00. The van der Waals surface area contributed by atoms with Gasteiger partial charge in [-0.05, 0) is 44.9 Å². The molecule has 2 aliphatic rings. The van der Waals surface area contributed by atoms with E-state index in [1.54, 1.807) is 0 Å². The molecule has 0 bridgehead atoms.